The molecule has 0 heterocycles. The van der Waals surface area contributed by atoms with E-state index >= 15 is 0 Å². The standard InChI is InChI=1S/C7H12Cl2N2O2/c1-4(5(12)10-3)11-6(13)7(2,8)9/h4H,1-3H3,(H,10,12)(H,11,13)/t4-/m1/s1. The molecule has 0 bridgehead atoms. The number of amides is 2. The molecule has 0 rings (SSSR count). The van der Waals surface area contributed by atoms with Crippen molar-refractivity contribution in [1.29, 1.82) is 0 Å². The van der Waals surface area contributed by atoms with E-state index in [1.54, 1.807) is 0 Å². The number of carbonyl (C=O) groups is 2. The highest BCUT2D eigenvalue weighted by Gasteiger charge is 2.29. The molecule has 0 aromatic carbocycles. The van der Waals surface area contributed by atoms with Crippen molar-refractivity contribution in [3.63, 3.8) is 0 Å². The lowest BCUT2D eigenvalue weighted by atomic mass is 10.3. The Kier molecular flexibility index (Phi) is 4.50. The molecule has 2 amide bonds. The first-order chi connectivity index (χ1) is 5.79. The van der Waals surface area contributed by atoms with Crippen molar-refractivity contribution in [2.24, 2.45) is 0 Å². The van der Waals surface area contributed by atoms with Crippen molar-refractivity contribution in [2.75, 3.05) is 7.05 Å². The van der Waals surface area contributed by atoms with Gasteiger partial charge in [-0.2, -0.15) is 0 Å². The number of carbonyl (C=O) groups excluding carboxylic acids is 2. The van der Waals surface area contributed by atoms with Gasteiger partial charge in [-0.3, -0.25) is 9.59 Å². The van der Waals surface area contributed by atoms with Gasteiger partial charge in [0.1, 0.15) is 6.04 Å². The molecule has 0 saturated heterocycles. The van der Waals surface area contributed by atoms with Crippen molar-refractivity contribution >= 4 is 35.0 Å². The van der Waals surface area contributed by atoms with Gasteiger partial charge in [-0.05, 0) is 13.8 Å². The quantitative estimate of drug-likeness (QED) is 0.687. The van der Waals surface area contributed by atoms with Crippen LogP contribution in [0.1, 0.15) is 13.8 Å². The molecule has 0 saturated carbocycles. The molecule has 0 aliphatic heterocycles. The van der Waals surface area contributed by atoms with Gasteiger partial charge in [-0.1, -0.05) is 23.2 Å². The largest absolute Gasteiger partial charge is 0.357 e. The Labute approximate surface area is 87.0 Å². The van der Waals surface area contributed by atoms with Gasteiger partial charge in [0.25, 0.3) is 5.91 Å². The summed E-state index contributed by atoms with van der Waals surface area (Å²) in [7, 11) is 1.48. The van der Waals surface area contributed by atoms with E-state index in [4.69, 9.17) is 23.2 Å². The molecule has 0 fully saturated rings. The third-order valence-corrected chi connectivity index (χ3v) is 1.73. The number of likely N-dealkylation sites (N-methyl/N-ethyl adjacent to an activating group) is 1. The van der Waals surface area contributed by atoms with Crippen LogP contribution >= 0.6 is 23.2 Å². The van der Waals surface area contributed by atoms with Crippen LogP contribution in [0.4, 0.5) is 0 Å². The fourth-order valence-corrected chi connectivity index (χ4v) is 0.715. The topological polar surface area (TPSA) is 58.2 Å². The van der Waals surface area contributed by atoms with Crippen LogP contribution in [0.3, 0.4) is 0 Å². The normalized spacial score (nSPS) is 13.3. The van der Waals surface area contributed by atoms with Crippen molar-refractivity contribution in [3.05, 3.63) is 0 Å². The minimum Gasteiger partial charge on any atom is -0.357 e. The van der Waals surface area contributed by atoms with Crippen molar-refractivity contribution in [3.8, 4) is 0 Å². The number of halogens is 2. The summed E-state index contributed by atoms with van der Waals surface area (Å²) >= 11 is 11.0. The maximum Gasteiger partial charge on any atom is 0.256 e. The highest BCUT2D eigenvalue weighted by atomic mass is 35.5. The maximum absolute atomic E-state index is 11.1. The third-order valence-electron chi connectivity index (χ3n) is 1.39. The number of rotatable bonds is 3. The van der Waals surface area contributed by atoms with Crippen LogP contribution in [-0.4, -0.2) is 29.2 Å². The first kappa shape index (κ1) is 12.5. The first-order valence-electron chi connectivity index (χ1n) is 3.69. The molecule has 0 aliphatic rings. The fourth-order valence-electron chi connectivity index (χ4n) is 0.605. The van der Waals surface area contributed by atoms with E-state index in [0.29, 0.717) is 0 Å². The van der Waals surface area contributed by atoms with E-state index in [2.05, 4.69) is 10.6 Å². The molecular formula is C7H12Cl2N2O2. The van der Waals surface area contributed by atoms with E-state index < -0.39 is 16.3 Å². The van der Waals surface area contributed by atoms with Gasteiger partial charge in [-0.25, -0.2) is 0 Å². The van der Waals surface area contributed by atoms with E-state index in [1.807, 2.05) is 0 Å². The molecule has 4 nitrogen and oxygen atoms in total. The second kappa shape index (κ2) is 4.67. The number of hydrogen-bond donors (Lipinski definition) is 2. The van der Waals surface area contributed by atoms with Crippen LogP contribution in [-0.2, 0) is 9.59 Å². The van der Waals surface area contributed by atoms with Gasteiger partial charge >= 0.3 is 0 Å². The minimum absolute atomic E-state index is 0.300. The lowest BCUT2D eigenvalue weighted by Gasteiger charge is -2.17. The molecule has 0 aliphatic carbocycles. The van der Waals surface area contributed by atoms with E-state index in [9.17, 15) is 9.59 Å². The molecule has 1 atom stereocenters. The highest BCUT2D eigenvalue weighted by Crippen LogP contribution is 2.19. The van der Waals surface area contributed by atoms with Crippen LogP contribution < -0.4 is 10.6 Å². The predicted octanol–water partition coefficient (Wildman–Crippen LogP) is 0.431. The SMILES string of the molecule is CNC(=O)[C@@H](C)NC(=O)C(C)(Cl)Cl. The Hall–Kier alpha value is -0.480. The molecule has 0 unspecified atom stereocenters. The van der Waals surface area contributed by atoms with E-state index in [-0.39, 0.29) is 5.91 Å². The summed E-state index contributed by atoms with van der Waals surface area (Å²) in [6.07, 6.45) is 0. The zero-order valence-corrected chi connectivity index (χ0v) is 9.16. The Bertz CT molecular complexity index is 213. The van der Waals surface area contributed by atoms with Crippen LogP contribution in [0.25, 0.3) is 0 Å². The Morgan fingerprint density at radius 1 is 1.38 bits per heavy atom. The van der Waals surface area contributed by atoms with Gasteiger partial charge in [0.2, 0.25) is 5.91 Å². The maximum atomic E-state index is 11.1. The molecule has 0 spiro atoms. The summed E-state index contributed by atoms with van der Waals surface area (Å²) in [6.45, 7) is 2.87. The smallest absolute Gasteiger partial charge is 0.256 e. The molecule has 6 heteroatoms. The molecular weight excluding hydrogens is 215 g/mol. The van der Waals surface area contributed by atoms with Gasteiger partial charge in [0, 0.05) is 7.05 Å². The van der Waals surface area contributed by atoms with E-state index in [0.717, 1.165) is 0 Å². The molecule has 0 aromatic rings. The van der Waals surface area contributed by atoms with Crippen LogP contribution in [0, 0.1) is 0 Å². The van der Waals surface area contributed by atoms with Gasteiger partial charge < -0.3 is 10.6 Å². The fraction of sp³-hybridized carbons (Fsp3) is 0.714. The average molecular weight is 227 g/mol. The van der Waals surface area contributed by atoms with Crippen molar-refractivity contribution < 1.29 is 9.59 Å². The second-order valence-electron chi connectivity index (χ2n) is 2.70. The van der Waals surface area contributed by atoms with Gasteiger partial charge in [-0.15, -0.1) is 0 Å². The summed E-state index contributed by atoms with van der Waals surface area (Å²) in [5, 5.41) is 4.74. The summed E-state index contributed by atoms with van der Waals surface area (Å²) in [5.74, 6) is -0.891. The average Bonchev–Trinajstić information content (AvgIpc) is 2.01. The Balaban J connectivity index is 4.15. The first-order valence-corrected chi connectivity index (χ1v) is 4.45. The minimum atomic E-state index is -1.51. The number of nitrogens with one attached hydrogen (secondary N) is 2. The summed E-state index contributed by atoms with van der Waals surface area (Å²) in [6, 6.07) is -0.644. The molecule has 76 valence electrons. The Morgan fingerprint density at radius 2 is 1.85 bits per heavy atom. The third kappa shape index (κ3) is 4.33. The second-order valence-corrected chi connectivity index (χ2v) is 4.40. The molecule has 0 aromatic heterocycles. The number of hydrogen-bond acceptors (Lipinski definition) is 2. The van der Waals surface area contributed by atoms with Crippen LogP contribution in [0.2, 0.25) is 0 Å². The van der Waals surface area contributed by atoms with E-state index in [1.165, 1.54) is 20.9 Å². The summed E-state index contributed by atoms with van der Waals surface area (Å²) in [4.78, 5) is 22.1. The zero-order chi connectivity index (χ0) is 10.6. The highest BCUT2D eigenvalue weighted by molar-refractivity contribution is 6.57. The van der Waals surface area contributed by atoms with Crippen molar-refractivity contribution in [1.82, 2.24) is 10.6 Å². The summed E-state index contributed by atoms with van der Waals surface area (Å²) < 4.78 is -1.51. The van der Waals surface area contributed by atoms with Gasteiger partial charge in [0.15, 0.2) is 4.33 Å². The van der Waals surface area contributed by atoms with Crippen LogP contribution in [0.15, 0.2) is 0 Å². The van der Waals surface area contributed by atoms with Gasteiger partial charge in [0.05, 0.1) is 0 Å². The lowest BCUT2D eigenvalue weighted by molar-refractivity contribution is -0.128. The monoisotopic (exact) mass is 226 g/mol. The van der Waals surface area contributed by atoms with Crippen molar-refractivity contribution in [2.45, 2.75) is 24.2 Å². The molecule has 0 radical (unpaired) electrons. The van der Waals surface area contributed by atoms with Crippen LogP contribution in [0.5, 0.6) is 0 Å². The zero-order valence-electron chi connectivity index (χ0n) is 7.65. The molecule has 13 heavy (non-hydrogen) atoms. The summed E-state index contributed by atoms with van der Waals surface area (Å²) in [5.41, 5.74) is 0. The molecule has 2 N–H and O–H groups in total. The predicted molar refractivity (Wildman–Crippen MR) is 51.8 cm³/mol. The number of alkyl halides is 2. The lowest BCUT2D eigenvalue weighted by Crippen LogP contribution is -2.48. The Morgan fingerprint density at radius 3 is 2.15 bits per heavy atom.